The van der Waals surface area contributed by atoms with Crippen LogP contribution in [-0.4, -0.2) is 40.1 Å². The normalized spacial score (nSPS) is 17.6. The maximum absolute atomic E-state index is 12.9. The maximum Gasteiger partial charge on any atom is 0.241 e. The van der Waals surface area contributed by atoms with Crippen LogP contribution in [0.25, 0.3) is 11.4 Å². The molecule has 33 heavy (non-hydrogen) atoms. The summed E-state index contributed by atoms with van der Waals surface area (Å²) in [5.74, 6) is 1.03. The van der Waals surface area contributed by atoms with Gasteiger partial charge in [0.15, 0.2) is 0 Å². The lowest BCUT2D eigenvalue weighted by Gasteiger charge is -2.31. The molecule has 6 nitrogen and oxygen atoms in total. The molecule has 2 heterocycles. The fraction of sp³-hybridized carbons (Fsp3) is 0.400. The van der Waals surface area contributed by atoms with E-state index in [0.29, 0.717) is 40.4 Å². The van der Waals surface area contributed by atoms with Crippen LogP contribution in [0.5, 0.6) is 0 Å². The molecule has 0 spiro atoms. The summed E-state index contributed by atoms with van der Waals surface area (Å²) in [6.07, 6.45) is 3.73. The highest BCUT2D eigenvalue weighted by atomic mass is 35.5. The van der Waals surface area contributed by atoms with Gasteiger partial charge in [-0.05, 0) is 62.9 Å². The molecule has 1 fully saturated rings. The minimum atomic E-state index is -0.0361. The average molecular weight is 487 g/mol. The third-order valence-corrected chi connectivity index (χ3v) is 6.52. The molecule has 8 heteroatoms. The number of benzene rings is 2. The summed E-state index contributed by atoms with van der Waals surface area (Å²) in [7, 11) is 0. The molecular weight excluding hydrogens is 459 g/mol. The van der Waals surface area contributed by atoms with E-state index in [9.17, 15) is 4.79 Å². The Hall–Kier alpha value is -2.41. The van der Waals surface area contributed by atoms with Crippen molar-refractivity contribution in [3.8, 4) is 11.4 Å². The third kappa shape index (κ3) is 6.56. The van der Waals surface area contributed by atoms with Crippen LogP contribution in [0.2, 0.25) is 10.0 Å². The quantitative estimate of drug-likeness (QED) is 0.461. The SMILES string of the molecule is CC(CCc1ccccc1)NC(=O)C1CCCN(Cc2nc(-c3ccc(Cl)cc3Cl)no2)C1. The van der Waals surface area contributed by atoms with Crippen LogP contribution in [-0.2, 0) is 17.8 Å². The van der Waals surface area contributed by atoms with Gasteiger partial charge in [0.1, 0.15) is 0 Å². The van der Waals surface area contributed by atoms with E-state index in [0.717, 1.165) is 32.2 Å². The number of carbonyl (C=O) groups is 1. The van der Waals surface area contributed by atoms with Crippen LogP contribution in [0.15, 0.2) is 53.1 Å². The second kappa shape index (κ2) is 11.1. The van der Waals surface area contributed by atoms with Crippen LogP contribution < -0.4 is 5.32 Å². The highest BCUT2D eigenvalue weighted by molar-refractivity contribution is 6.36. The second-order valence-corrected chi connectivity index (χ2v) is 9.49. The van der Waals surface area contributed by atoms with E-state index in [1.54, 1.807) is 18.2 Å². The van der Waals surface area contributed by atoms with Gasteiger partial charge in [-0.3, -0.25) is 9.69 Å². The van der Waals surface area contributed by atoms with Gasteiger partial charge in [0.2, 0.25) is 17.6 Å². The Morgan fingerprint density at radius 1 is 1.24 bits per heavy atom. The Bertz CT molecular complexity index is 1070. The highest BCUT2D eigenvalue weighted by Gasteiger charge is 2.27. The molecule has 0 saturated carbocycles. The number of nitrogens with one attached hydrogen (secondary N) is 1. The molecule has 4 rings (SSSR count). The van der Waals surface area contributed by atoms with Crippen molar-refractivity contribution in [2.24, 2.45) is 5.92 Å². The topological polar surface area (TPSA) is 71.3 Å². The maximum atomic E-state index is 12.9. The summed E-state index contributed by atoms with van der Waals surface area (Å²) >= 11 is 12.2. The van der Waals surface area contributed by atoms with E-state index in [1.807, 2.05) is 18.2 Å². The van der Waals surface area contributed by atoms with Crippen molar-refractivity contribution < 1.29 is 9.32 Å². The lowest BCUT2D eigenvalue weighted by Crippen LogP contribution is -2.45. The zero-order chi connectivity index (χ0) is 23.2. The Balaban J connectivity index is 1.28. The Labute approximate surface area is 204 Å². The Morgan fingerprint density at radius 2 is 2.06 bits per heavy atom. The molecule has 1 aliphatic rings. The zero-order valence-corrected chi connectivity index (χ0v) is 20.1. The first-order valence-corrected chi connectivity index (χ1v) is 12.1. The number of hydrogen-bond acceptors (Lipinski definition) is 5. The van der Waals surface area contributed by atoms with E-state index in [2.05, 4.69) is 39.4 Å². The fourth-order valence-electron chi connectivity index (χ4n) is 4.16. The van der Waals surface area contributed by atoms with E-state index in [-0.39, 0.29) is 17.9 Å². The van der Waals surface area contributed by atoms with Gasteiger partial charge in [-0.15, -0.1) is 0 Å². The largest absolute Gasteiger partial charge is 0.353 e. The van der Waals surface area contributed by atoms with Crippen molar-refractivity contribution in [1.82, 2.24) is 20.4 Å². The van der Waals surface area contributed by atoms with Crippen LogP contribution in [0.3, 0.4) is 0 Å². The summed E-state index contributed by atoms with van der Waals surface area (Å²) in [6, 6.07) is 15.7. The number of piperidine rings is 1. The fourth-order valence-corrected chi connectivity index (χ4v) is 4.66. The molecule has 1 N–H and O–H groups in total. The molecule has 1 aliphatic heterocycles. The second-order valence-electron chi connectivity index (χ2n) is 8.64. The van der Waals surface area contributed by atoms with E-state index in [4.69, 9.17) is 27.7 Å². The van der Waals surface area contributed by atoms with Crippen molar-refractivity contribution in [1.29, 1.82) is 0 Å². The summed E-state index contributed by atoms with van der Waals surface area (Å²) in [5.41, 5.74) is 1.97. The van der Waals surface area contributed by atoms with Crippen molar-refractivity contribution in [2.75, 3.05) is 13.1 Å². The van der Waals surface area contributed by atoms with Crippen LogP contribution in [0.4, 0.5) is 0 Å². The molecule has 0 bridgehead atoms. The van der Waals surface area contributed by atoms with Crippen LogP contribution in [0, 0.1) is 5.92 Å². The molecule has 2 atom stereocenters. The molecular formula is C25H28Cl2N4O2. The number of likely N-dealkylation sites (tertiary alicyclic amines) is 1. The first kappa shape index (κ1) is 23.7. The van der Waals surface area contributed by atoms with Gasteiger partial charge >= 0.3 is 0 Å². The lowest BCUT2D eigenvalue weighted by atomic mass is 9.96. The molecule has 2 unspecified atom stereocenters. The number of amides is 1. The number of aryl methyl sites for hydroxylation is 1. The van der Waals surface area contributed by atoms with Gasteiger partial charge in [0, 0.05) is 23.2 Å². The van der Waals surface area contributed by atoms with Crippen LogP contribution >= 0.6 is 23.2 Å². The first-order chi connectivity index (χ1) is 16.0. The summed E-state index contributed by atoms with van der Waals surface area (Å²) in [4.78, 5) is 19.5. The van der Waals surface area contributed by atoms with Crippen LogP contribution in [0.1, 0.15) is 37.6 Å². The van der Waals surface area contributed by atoms with Gasteiger partial charge in [0.25, 0.3) is 0 Å². The summed E-state index contributed by atoms with van der Waals surface area (Å²) < 4.78 is 5.45. The van der Waals surface area contributed by atoms with Gasteiger partial charge < -0.3 is 9.84 Å². The van der Waals surface area contributed by atoms with Crippen molar-refractivity contribution >= 4 is 29.1 Å². The van der Waals surface area contributed by atoms with Gasteiger partial charge in [0.05, 0.1) is 17.5 Å². The summed E-state index contributed by atoms with van der Waals surface area (Å²) in [5, 5.41) is 8.29. The van der Waals surface area contributed by atoms with E-state index in [1.165, 1.54) is 5.56 Å². The smallest absolute Gasteiger partial charge is 0.241 e. The molecule has 1 amide bonds. The molecule has 3 aromatic rings. The van der Waals surface area contributed by atoms with Crippen molar-refractivity contribution in [3.05, 3.63) is 70.0 Å². The Morgan fingerprint density at radius 3 is 2.85 bits per heavy atom. The van der Waals surface area contributed by atoms with Crippen molar-refractivity contribution in [3.63, 3.8) is 0 Å². The number of carbonyl (C=O) groups excluding carboxylic acids is 1. The molecule has 174 valence electrons. The molecule has 0 radical (unpaired) electrons. The average Bonchev–Trinajstić information content (AvgIpc) is 3.26. The summed E-state index contributed by atoms with van der Waals surface area (Å²) in [6.45, 7) is 4.15. The first-order valence-electron chi connectivity index (χ1n) is 11.3. The molecule has 1 aromatic heterocycles. The molecule has 2 aromatic carbocycles. The van der Waals surface area contributed by atoms with Crippen molar-refractivity contribution in [2.45, 2.75) is 45.2 Å². The number of halogens is 2. The zero-order valence-electron chi connectivity index (χ0n) is 18.6. The van der Waals surface area contributed by atoms with Gasteiger partial charge in [-0.25, -0.2) is 0 Å². The highest BCUT2D eigenvalue weighted by Crippen LogP contribution is 2.28. The Kier molecular flexibility index (Phi) is 8.02. The third-order valence-electron chi connectivity index (χ3n) is 5.97. The molecule has 0 aliphatic carbocycles. The predicted molar refractivity (Wildman–Crippen MR) is 130 cm³/mol. The van der Waals surface area contributed by atoms with Gasteiger partial charge in [-0.2, -0.15) is 4.98 Å². The minimum absolute atomic E-state index is 0.0361. The van der Waals surface area contributed by atoms with Gasteiger partial charge in [-0.1, -0.05) is 58.7 Å². The number of nitrogens with zero attached hydrogens (tertiary/aromatic N) is 3. The lowest BCUT2D eigenvalue weighted by molar-refractivity contribution is -0.127. The number of aromatic nitrogens is 2. The monoisotopic (exact) mass is 486 g/mol. The predicted octanol–water partition coefficient (Wildman–Crippen LogP) is 5.39. The standard InChI is InChI=1S/C25H28Cl2N4O2/c1-17(9-10-18-6-3-2-4-7-18)28-25(32)19-8-5-13-31(15-19)16-23-29-24(30-33-23)21-12-11-20(26)14-22(21)27/h2-4,6-7,11-12,14,17,19H,5,8-10,13,15-16H2,1H3,(H,28,32). The minimum Gasteiger partial charge on any atom is -0.353 e. The number of rotatable bonds is 8. The van der Waals surface area contributed by atoms with E-state index >= 15 is 0 Å². The van der Waals surface area contributed by atoms with E-state index < -0.39 is 0 Å². The number of hydrogen-bond donors (Lipinski definition) is 1. The molecule has 1 saturated heterocycles.